The van der Waals surface area contributed by atoms with Gasteiger partial charge in [0.05, 0.1) is 19.9 Å². The van der Waals surface area contributed by atoms with Gasteiger partial charge in [-0.3, -0.25) is 14.6 Å². The summed E-state index contributed by atoms with van der Waals surface area (Å²) in [6.45, 7) is 2.27. The second kappa shape index (κ2) is 9.26. The average molecular weight is 454 g/mol. The van der Waals surface area contributed by atoms with Crippen LogP contribution in [0.2, 0.25) is 0 Å². The molecule has 3 unspecified atom stereocenters. The Bertz CT molecular complexity index is 1250. The van der Waals surface area contributed by atoms with Crippen molar-refractivity contribution < 1.29 is 18.7 Å². The third-order valence-electron chi connectivity index (χ3n) is 7.00. The number of ether oxygens (including phenoxy) is 1. The minimum Gasteiger partial charge on any atom is -0.469 e. The zero-order chi connectivity index (χ0) is 23.7. The number of allylic oxidation sites excluding steroid dienone is 1. The Kier molecular flexibility index (Phi) is 6.01. The second-order valence-corrected chi connectivity index (χ2v) is 8.99. The maximum atomic E-state index is 13.6. The van der Waals surface area contributed by atoms with Gasteiger partial charge in [0, 0.05) is 29.5 Å². The molecule has 34 heavy (non-hydrogen) atoms. The van der Waals surface area contributed by atoms with E-state index in [1.54, 1.807) is 6.26 Å². The highest BCUT2D eigenvalue weighted by molar-refractivity contribution is 6.07. The number of aliphatic imine (C=N–C) groups is 1. The van der Waals surface area contributed by atoms with Gasteiger partial charge in [0.15, 0.2) is 5.78 Å². The third kappa shape index (κ3) is 4.03. The zero-order valence-corrected chi connectivity index (χ0v) is 19.4. The zero-order valence-electron chi connectivity index (χ0n) is 19.4. The number of methoxy groups -OCH3 is 1. The summed E-state index contributed by atoms with van der Waals surface area (Å²) < 4.78 is 10.8. The number of carbonyl (C=O) groups is 2. The minimum atomic E-state index is -0.635. The maximum Gasteiger partial charge on any atom is 0.315 e. The number of Topliss-reactive ketones (excluding diaryl/α,β-unsaturated/α-hetero) is 1. The molecule has 0 bridgehead atoms. The first-order valence-corrected chi connectivity index (χ1v) is 11.6. The number of esters is 1. The van der Waals surface area contributed by atoms with E-state index in [-0.39, 0.29) is 17.7 Å². The SMILES string of the molecule is COC(=O)C1C(C)=NCC2=C(C(=O)CC(c3ccco3)C2)C1c1ccc(-c2ccccc2)cc1. The summed E-state index contributed by atoms with van der Waals surface area (Å²) in [5, 5.41) is 0. The molecule has 2 aromatic carbocycles. The maximum absolute atomic E-state index is 13.6. The second-order valence-electron chi connectivity index (χ2n) is 8.99. The molecule has 2 aliphatic rings. The molecule has 3 atom stereocenters. The van der Waals surface area contributed by atoms with E-state index < -0.39 is 11.8 Å². The predicted octanol–water partition coefficient (Wildman–Crippen LogP) is 5.74. The molecule has 5 rings (SSSR count). The fourth-order valence-electron chi connectivity index (χ4n) is 5.31. The molecule has 1 aliphatic carbocycles. The number of benzene rings is 2. The standard InChI is InChI=1S/C29H27NO4/c1-18-26(29(32)33-2)28(21-12-10-20(11-13-21)19-7-4-3-5-8-19)27-23(17-30-18)15-22(16-24(27)31)25-9-6-14-34-25/h3-14,22,26,28H,15-17H2,1-2H3. The topological polar surface area (TPSA) is 68.9 Å². The molecule has 0 spiro atoms. The molecule has 172 valence electrons. The van der Waals surface area contributed by atoms with Gasteiger partial charge in [-0.15, -0.1) is 0 Å². The summed E-state index contributed by atoms with van der Waals surface area (Å²) in [4.78, 5) is 31.3. The fraction of sp³-hybridized carbons (Fsp3) is 0.276. The first kappa shape index (κ1) is 22.1. The van der Waals surface area contributed by atoms with E-state index in [2.05, 4.69) is 24.3 Å². The van der Waals surface area contributed by atoms with Crippen LogP contribution in [0, 0.1) is 5.92 Å². The monoisotopic (exact) mass is 453 g/mol. The van der Waals surface area contributed by atoms with Gasteiger partial charge in [0.1, 0.15) is 11.7 Å². The molecule has 0 radical (unpaired) electrons. The van der Waals surface area contributed by atoms with Gasteiger partial charge < -0.3 is 9.15 Å². The van der Waals surface area contributed by atoms with Crippen LogP contribution < -0.4 is 0 Å². The summed E-state index contributed by atoms with van der Waals surface area (Å²) >= 11 is 0. The van der Waals surface area contributed by atoms with E-state index in [1.807, 2.05) is 49.4 Å². The van der Waals surface area contributed by atoms with E-state index in [1.165, 1.54) is 7.11 Å². The Labute approximate surface area is 199 Å². The van der Waals surface area contributed by atoms with Gasteiger partial charge in [-0.05, 0) is 47.7 Å². The lowest BCUT2D eigenvalue weighted by molar-refractivity contribution is -0.143. The Morgan fingerprint density at radius 1 is 0.971 bits per heavy atom. The first-order valence-electron chi connectivity index (χ1n) is 11.6. The number of furan rings is 1. The van der Waals surface area contributed by atoms with Gasteiger partial charge >= 0.3 is 5.97 Å². The molecular formula is C29H27NO4. The largest absolute Gasteiger partial charge is 0.469 e. The fourth-order valence-corrected chi connectivity index (χ4v) is 5.31. The Morgan fingerprint density at radius 2 is 1.71 bits per heavy atom. The Balaban J connectivity index is 1.60. The average Bonchev–Trinajstić information content (AvgIpc) is 3.37. The van der Waals surface area contributed by atoms with E-state index in [4.69, 9.17) is 14.1 Å². The van der Waals surface area contributed by atoms with Crippen LogP contribution in [0.5, 0.6) is 0 Å². The van der Waals surface area contributed by atoms with Crippen LogP contribution in [0.15, 0.2) is 93.5 Å². The van der Waals surface area contributed by atoms with Crippen LogP contribution >= 0.6 is 0 Å². The number of carbonyl (C=O) groups excluding carboxylic acids is 2. The highest BCUT2D eigenvalue weighted by atomic mass is 16.5. The highest BCUT2D eigenvalue weighted by Crippen LogP contribution is 2.45. The molecule has 0 fully saturated rings. The van der Waals surface area contributed by atoms with E-state index >= 15 is 0 Å². The molecule has 0 amide bonds. The molecule has 1 aromatic heterocycles. The molecule has 0 saturated heterocycles. The van der Waals surface area contributed by atoms with Gasteiger partial charge in [-0.2, -0.15) is 0 Å². The highest BCUT2D eigenvalue weighted by Gasteiger charge is 2.43. The van der Waals surface area contributed by atoms with E-state index in [0.717, 1.165) is 28.0 Å². The number of ketones is 1. The van der Waals surface area contributed by atoms with Crippen molar-refractivity contribution in [2.75, 3.05) is 13.7 Å². The van der Waals surface area contributed by atoms with Gasteiger partial charge in [0.25, 0.3) is 0 Å². The van der Waals surface area contributed by atoms with Crippen LogP contribution in [0.1, 0.15) is 42.9 Å². The normalized spacial score (nSPS) is 22.6. The summed E-state index contributed by atoms with van der Waals surface area (Å²) in [7, 11) is 1.39. The minimum absolute atomic E-state index is 0.00691. The molecule has 5 nitrogen and oxygen atoms in total. The lowest BCUT2D eigenvalue weighted by atomic mass is 9.70. The lowest BCUT2D eigenvalue weighted by Gasteiger charge is -2.31. The van der Waals surface area contributed by atoms with Crippen molar-refractivity contribution in [3.63, 3.8) is 0 Å². The Hall–Kier alpha value is -3.73. The number of nitrogens with zero attached hydrogens (tertiary/aromatic N) is 1. The van der Waals surface area contributed by atoms with Crippen LogP contribution in [0.25, 0.3) is 11.1 Å². The molecule has 1 aliphatic heterocycles. The van der Waals surface area contributed by atoms with Crippen molar-refractivity contribution in [1.29, 1.82) is 0 Å². The van der Waals surface area contributed by atoms with Crippen LogP contribution in [-0.4, -0.2) is 31.1 Å². The van der Waals surface area contributed by atoms with Crippen LogP contribution in [-0.2, 0) is 14.3 Å². The van der Waals surface area contributed by atoms with Gasteiger partial charge in [-0.1, -0.05) is 54.6 Å². The summed E-state index contributed by atoms with van der Waals surface area (Å²) in [5.41, 5.74) is 5.52. The van der Waals surface area contributed by atoms with Gasteiger partial charge in [0.2, 0.25) is 0 Å². The summed E-state index contributed by atoms with van der Waals surface area (Å²) in [6, 6.07) is 22.1. The van der Waals surface area contributed by atoms with Crippen molar-refractivity contribution in [1.82, 2.24) is 0 Å². The molecular weight excluding hydrogens is 426 g/mol. The third-order valence-corrected chi connectivity index (χ3v) is 7.00. The smallest absolute Gasteiger partial charge is 0.315 e. The number of rotatable bonds is 4. The first-order chi connectivity index (χ1) is 16.6. The molecule has 3 aromatic rings. The van der Waals surface area contributed by atoms with Crippen molar-refractivity contribution in [2.45, 2.75) is 31.6 Å². The molecule has 5 heteroatoms. The predicted molar refractivity (Wildman–Crippen MR) is 131 cm³/mol. The Morgan fingerprint density at radius 3 is 2.38 bits per heavy atom. The van der Waals surface area contributed by atoms with Crippen molar-refractivity contribution in [3.8, 4) is 11.1 Å². The van der Waals surface area contributed by atoms with Crippen molar-refractivity contribution in [2.24, 2.45) is 10.9 Å². The molecule has 2 heterocycles. The molecule has 0 N–H and O–H groups in total. The quantitative estimate of drug-likeness (QED) is 0.473. The van der Waals surface area contributed by atoms with E-state index in [9.17, 15) is 9.59 Å². The lowest BCUT2D eigenvalue weighted by Crippen LogP contribution is -2.33. The molecule has 0 saturated carbocycles. The van der Waals surface area contributed by atoms with E-state index in [0.29, 0.717) is 30.7 Å². The van der Waals surface area contributed by atoms with Gasteiger partial charge in [-0.25, -0.2) is 0 Å². The van der Waals surface area contributed by atoms with Crippen molar-refractivity contribution >= 4 is 17.5 Å². The van der Waals surface area contributed by atoms with Crippen molar-refractivity contribution in [3.05, 3.63) is 95.5 Å². The number of hydrogen-bond donors (Lipinski definition) is 0. The summed E-state index contributed by atoms with van der Waals surface area (Å²) in [5.74, 6) is -0.565. The van der Waals surface area contributed by atoms with Crippen LogP contribution in [0.4, 0.5) is 0 Å². The number of hydrogen-bond acceptors (Lipinski definition) is 5. The van der Waals surface area contributed by atoms with Crippen LogP contribution in [0.3, 0.4) is 0 Å². The summed E-state index contributed by atoms with van der Waals surface area (Å²) in [6.07, 6.45) is 2.69.